The molecular weight excluding hydrogens is 399 g/mol. The Kier molecular flexibility index (Phi) is 7.43. The number of nitrogens with zero attached hydrogens (tertiary/aromatic N) is 1. The molecule has 1 saturated heterocycles. The van der Waals surface area contributed by atoms with E-state index in [4.69, 9.17) is 9.90 Å². The van der Waals surface area contributed by atoms with Crippen LogP contribution < -0.4 is 5.56 Å². The molecule has 0 spiro atoms. The van der Waals surface area contributed by atoms with Gasteiger partial charge in [0.1, 0.15) is 16.9 Å². The van der Waals surface area contributed by atoms with Gasteiger partial charge in [-0.25, -0.2) is 4.39 Å². The van der Waals surface area contributed by atoms with Crippen molar-refractivity contribution in [3.8, 4) is 0 Å². The number of aromatic nitrogens is 1. The SMILES string of the molecule is O=C(c1cccc(=O)[nH]1)N1CC[C@@H](O)[C@](Cc2ccc(F)cc2)(C(=O)O)C1.O=CO. The van der Waals surface area contributed by atoms with E-state index in [0.717, 1.165) is 0 Å². The number of rotatable bonds is 4. The highest BCUT2D eigenvalue weighted by Gasteiger charge is 2.50. The number of benzene rings is 1. The number of aliphatic hydroxyl groups excluding tert-OH is 1. The van der Waals surface area contributed by atoms with Crippen molar-refractivity contribution in [3.05, 3.63) is 69.9 Å². The molecule has 0 unspecified atom stereocenters. The Morgan fingerprint density at radius 1 is 1.23 bits per heavy atom. The largest absolute Gasteiger partial charge is 0.483 e. The minimum Gasteiger partial charge on any atom is -0.483 e. The average Bonchev–Trinajstić information content (AvgIpc) is 2.71. The van der Waals surface area contributed by atoms with Crippen LogP contribution in [0.4, 0.5) is 4.39 Å². The van der Waals surface area contributed by atoms with Gasteiger partial charge in [-0.05, 0) is 36.6 Å². The van der Waals surface area contributed by atoms with E-state index in [1.165, 1.54) is 47.4 Å². The van der Waals surface area contributed by atoms with Gasteiger partial charge in [-0.15, -0.1) is 0 Å². The number of aliphatic hydroxyl groups is 1. The number of aromatic amines is 1. The lowest BCUT2D eigenvalue weighted by atomic mass is 9.72. The molecule has 0 aliphatic carbocycles. The van der Waals surface area contributed by atoms with Crippen LogP contribution in [0, 0.1) is 11.2 Å². The predicted molar refractivity (Wildman–Crippen MR) is 102 cm³/mol. The van der Waals surface area contributed by atoms with Crippen LogP contribution >= 0.6 is 0 Å². The van der Waals surface area contributed by atoms with Gasteiger partial charge in [0.05, 0.1) is 6.10 Å². The summed E-state index contributed by atoms with van der Waals surface area (Å²) in [6, 6.07) is 9.51. The summed E-state index contributed by atoms with van der Waals surface area (Å²) >= 11 is 0. The van der Waals surface area contributed by atoms with Crippen LogP contribution in [0.3, 0.4) is 0 Å². The molecule has 1 aliphatic heterocycles. The number of likely N-dealkylation sites (tertiary alicyclic amines) is 1. The topological polar surface area (TPSA) is 148 Å². The zero-order valence-corrected chi connectivity index (χ0v) is 15.8. The lowest BCUT2D eigenvalue weighted by Gasteiger charge is -2.43. The van der Waals surface area contributed by atoms with E-state index >= 15 is 0 Å². The molecule has 30 heavy (non-hydrogen) atoms. The summed E-state index contributed by atoms with van der Waals surface area (Å²) in [6.07, 6.45) is -1.14. The molecule has 9 nitrogen and oxygen atoms in total. The lowest BCUT2D eigenvalue weighted by Crippen LogP contribution is -2.58. The van der Waals surface area contributed by atoms with Crippen molar-refractivity contribution in [3.63, 3.8) is 0 Å². The smallest absolute Gasteiger partial charge is 0.314 e. The van der Waals surface area contributed by atoms with Gasteiger partial charge in [0, 0.05) is 19.2 Å². The summed E-state index contributed by atoms with van der Waals surface area (Å²) in [4.78, 5) is 48.3. The van der Waals surface area contributed by atoms with Crippen LogP contribution in [-0.4, -0.2) is 62.7 Å². The molecule has 1 aromatic carbocycles. The number of H-pyrrole nitrogens is 1. The van der Waals surface area contributed by atoms with Crippen molar-refractivity contribution in [2.24, 2.45) is 5.41 Å². The highest BCUT2D eigenvalue weighted by Crippen LogP contribution is 2.35. The van der Waals surface area contributed by atoms with E-state index in [1.54, 1.807) is 0 Å². The molecule has 2 aromatic rings. The maximum absolute atomic E-state index is 13.1. The first-order valence-electron chi connectivity index (χ1n) is 8.96. The second-order valence-corrected chi connectivity index (χ2v) is 6.83. The third-order valence-electron chi connectivity index (χ3n) is 4.93. The number of pyridine rings is 1. The number of hydrogen-bond acceptors (Lipinski definition) is 5. The summed E-state index contributed by atoms with van der Waals surface area (Å²) in [5, 5.41) is 27.2. The number of carboxylic acid groups (broad SMARTS) is 2. The van der Waals surface area contributed by atoms with E-state index in [9.17, 15) is 29.0 Å². The van der Waals surface area contributed by atoms with Crippen LogP contribution in [0.25, 0.3) is 0 Å². The molecule has 1 aromatic heterocycles. The van der Waals surface area contributed by atoms with Crippen LogP contribution in [-0.2, 0) is 16.0 Å². The van der Waals surface area contributed by atoms with Gasteiger partial charge in [-0.3, -0.25) is 19.2 Å². The second-order valence-electron chi connectivity index (χ2n) is 6.83. The number of halogens is 1. The third-order valence-corrected chi connectivity index (χ3v) is 4.93. The molecule has 2 heterocycles. The standard InChI is InChI=1S/C19H19FN2O5.CH2O2/c20-13-6-4-12(5-7-13)10-19(18(26)27)11-22(9-8-15(19)23)17(25)14-2-1-3-16(24)21-14;2-1-3/h1-7,15,23H,8-11H2,(H,21,24)(H,26,27);1H,(H,2,3)/t15-,19-;/m1./s1. The minimum absolute atomic E-state index is 0.0555. The molecule has 0 radical (unpaired) electrons. The van der Waals surface area contributed by atoms with Crippen molar-refractivity contribution in [2.75, 3.05) is 13.1 Å². The molecule has 1 aliphatic rings. The number of carbonyl (C=O) groups excluding carboxylic acids is 1. The van der Waals surface area contributed by atoms with Gasteiger partial charge in [0.2, 0.25) is 5.56 Å². The fraction of sp³-hybridized carbons (Fsp3) is 0.300. The van der Waals surface area contributed by atoms with E-state index in [1.807, 2.05) is 0 Å². The Morgan fingerprint density at radius 2 is 1.87 bits per heavy atom. The number of amides is 1. The normalized spacial score (nSPS) is 20.6. The monoisotopic (exact) mass is 420 g/mol. The first-order valence-corrected chi connectivity index (χ1v) is 8.96. The molecule has 1 fully saturated rings. The average molecular weight is 420 g/mol. The fourth-order valence-corrected chi connectivity index (χ4v) is 3.42. The third kappa shape index (κ3) is 5.09. The summed E-state index contributed by atoms with van der Waals surface area (Å²) in [5.74, 6) is -2.19. The van der Waals surface area contributed by atoms with Gasteiger partial charge in [-0.2, -0.15) is 0 Å². The highest BCUT2D eigenvalue weighted by atomic mass is 19.1. The summed E-state index contributed by atoms with van der Waals surface area (Å²) in [5.41, 5.74) is -1.46. The Hall–Kier alpha value is -3.53. The number of carbonyl (C=O) groups is 3. The van der Waals surface area contributed by atoms with Gasteiger partial charge in [0.15, 0.2) is 0 Å². The van der Waals surface area contributed by atoms with Gasteiger partial charge in [0.25, 0.3) is 12.4 Å². The second kappa shape index (κ2) is 9.79. The van der Waals surface area contributed by atoms with Crippen molar-refractivity contribution >= 4 is 18.3 Å². The first-order chi connectivity index (χ1) is 14.2. The Bertz CT molecular complexity index is 960. The van der Waals surface area contributed by atoms with Gasteiger partial charge >= 0.3 is 5.97 Å². The van der Waals surface area contributed by atoms with Crippen molar-refractivity contribution in [1.29, 1.82) is 0 Å². The molecule has 0 bridgehead atoms. The number of hydrogen-bond donors (Lipinski definition) is 4. The molecule has 10 heteroatoms. The summed E-state index contributed by atoms with van der Waals surface area (Å²) in [7, 11) is 0. The molecular formula is C20H21FN2O7. The maximum atomic E-state index is 13.1. The van der Waals surface area contributed by atoms with Crippen LogP contribution in [0.5, 0.6) is 0 Å². The highest BCUT2D eigenvalue weighted by molar-refractivity contribution is 5.93. The molecule has 160 valence electrons. The van der Waals surface area contributed by atoms with Crippen LogP contribution in [0.2, 0.25) is 0 Å². The van der Waals surface area contributed by atoms with Crippen molar-refractivity contribution < 1.29 is 34.1 Å². The molecule has 2 atom stereocenters. The maximum Gasteiger partial charge on any atom is 0.314 e. The summed E-state index contributed by atoms with van der Waals surface area (Å²) < 4.78 is 13.1. The molecule has 1 amide bonds. The zero-order chi connectivity index (χ0) is 22.3. The fourth-order valence-electron chi connectivity index (χ4n) is 3.42. The Balaban J connectivity index is 0.00000101. The zero-order valence-electron chi connectivity index (χ0n) is 15.8. The number of nitrogens with one attached hydrogen (secondary N) is 1. The van der Waals surface area contributed by atoms with Crippen molar-refractivity contribution in [2.45, 2.75) is 18.9 Å². The predicted octanol–water partition coefficient (Wildman–Crippen LogP) is 0.735. The van der Waals surface area contributed by atoms with E-state index in [2.05, 4.69) is 4.98 Å². The number of carboxylic acids is 1. The Labute approximate surface area is 170 Å². The minimum atomic E-state index is -1.62. The molecule has 3 rings (SSSR count). The first kappa shape index (κ1) is 22.8. The van der Waals surface area contributed by atoms with Gasteiger partial charge < -0.3 is 25.2 Å². The number of piperidine rings is 1. The van der Waals surface area contributed by atoms with E-state index < -0.39 is 34.8 Å². The molecule has 4 N–H and O–H groups in total. The van der Waals surface area contributed by atoms with Gasteiger partial charge in [-0.1, -0.05) is 18.2 Å². The quantitative estimate of drug-likeness (QED) is 0.533. The van der Waals surface area contributed by atoms with Crippen LogP contribution in [0.15, 0.2) is 47.3 Å². The lowest BCUT2D eigenvalue weighted by molar-refractivity contribution is -0.161. The van der Waals surface area contributed by atoms with E-state index in [0.29, 0.717) is 5.56 Å². The summed E-state index contributed by atoms with van der Waals surface area (Å²) in [6.45, 7) is -0.313. The van der Waals surface area contributed by atoms with Crippen molar-refractivity contribution in [1.82, 2.24) is 9.88 Å². The molecule has 0 saturated carbocycles. The number of aliphatic carboxylic acids is 1. The van der Waals surface area contributed by atoms with Crippen LogP contribution in [0.1, 0.15) is 22.5 Å². The Morgan fingerprint density at radius 3 is 2.43 bits per heavy atom. The van der Waals surface area contributed by atoms with E-state index in [-0.39, 0.29) is 38.1 Å².